The fourth-order valence-corrected chi connectivity index (χ4v) is 5.30. The Labute approximate surface area is 196 Å². The van der Waals surface area contributed by atoms with Gasteiger partial charge in [-0.3, -0.25) is 9.59 Å². The molecule has 1 fully saturated rings. The molecule has 0 bridgehead atoms. The summed E-state index contributed by atoms with van der Waals surface area (Å²) in [7, 11) is 7.05. The van der Waals surface area contributed by atoms with Gasteiger partial charge in [-0.25, -0.2) is 0 Å². The van der Waals surface area contributed by atoms with E-state index in [1.807, 2.05) is 37.7 Å². The normalized spacial score (nSPS) is 21.5. The number of rotatable bonds is 13. The van der Waals surface area contributed by atoms with Crippen LogP contribution in [0.3, 0.4) is 0 Å². The molecular weight excluding hydrogens is 406 g/mol. The van der Waals surface area contributed by atoms with Gasteiger partial charge in [0.2, 0.25) is 11.8 Å². The summed E-state index contributed by atoms with van der Waals surface area (Å²) >= 11 is 0. The predicted molar refractivity (Wildman–Crippen MR) is 129 cm³/mol. The highest BCUT2D eigenvalue weighted by Crippen LogP contribution is 2.29. The summed E-state index contributed by atoms with van der Waals surface area (Å²) in [5, 5.41) is 3.15. The van der Waals surface area contributed by atoms with Crippen molar-refractivity contribution in [1.29, 1.82) is 0 Å². The van der Waals surface area contributed by atoms with Gasteiger partial charge in [0.1, 0.15) is 0 Å². The molecule has 0 aliphatic carbocycles. The van der Waals surface area contributed by atoms with Crippen LogP contribution < -0.4 is 5.32 Å². The molecule has 1 aliphatic heterocycles. The number of hydrogen-bond acceptors (Lipinski definition) is 5. The third kappa shape index (κ3) is 6.91. The maximum atomic E-state index is 13.4. The van der Waals surface area contributed by atoms with Crippen LogP contribution in [0.25, 0.3) is 0 Å². The van der Waals surface area contributed by atoms with E-state index < -0.39 is 0 Å². The van der Waals surface area contributed by atoms with E-state index in [1.54, 1.807) is 14.2 Å². The lowest BCUT2D eigenvalue weighted by Gasteiger charge is -2.40. The molecule has 2 amide bonds. The first kappa shape index (κ1) is 28.9. The zero-order valence-electron chi connectivity index (χ0n) is 22.2. The summed E-state index contributed by atoms with van der Waals surface area (Å²) in [6, 6.07) is -0.349. The van der Waals surface area contributed by atoms with Gasteiger partial charge in [0.15, 0.2) is 0 Å². The molecule has 6 atom stereocenters. The predicted octanol–water partition coefficient (Wildman–Crippen LogP) is 3.17. The molecular formula is C25H49N3O4. The SMILES string of the molecule is CCC(C)C(C(CC(=O)N1CCCC1C(OC)C(C)C)OC)N(C)C(=O)[C@@H](NC)C(C)C. The second-order valence-corrected chi connectivity index (χ2v) is 10.1. The largest absolute Gasteiger partial charge is 0.379 e. The van der Waals surface area contributed by atoms with Crippen molar-refractivity contribution in [1.82, 2.24) is 15.1 Å². The quantitative estimate of drug-likeness (QED) is 0.462. The number of likely N-dealkylation sites (tertiary alicyclic amines) is 1. The lowest BCUT2D eigenvalue weighted by Crippen LogP contribution is -2.56. The highest BCUT2D eigenvalue weighted by molar-refractivity contribution is 5.82. The number of nitrogens with one attached hydrogen (secondary N) is 1. The van der Waals surface area contributed by atoms with Crippen molar-refractivity contribution in [3.05, 3.63) is 0 Å². The maximum Gasteiger partial charge on any atom is 0.240 e. The van der Waals surface area contributed by atoms with E-state index in [0.717, 1.165) is 25.8 Å². The Morgan fingerprint density at radius 1 is 1.09 bits per heavy atom. The Balaban J connectivity index is 3.09. The third-order valence-corrected chi connectivity index (χ3v) is 7.25. The minimum Gasteiger partial charge on any atom is -0.379 e. The topological polar surface area (TPSA) is 71.1 Å². The Kier molecular flexibility index (Phi) is 12.2. The van der Waals surface area contributed by atoms with Crippen molar-refractivity contribution >= 4 is 11.8 Å². The first-order valence-electron chi connectivity index (χ1n) is 12.3. The molecule has 1 saturated heterocycles. The molecule has 0 aromatic carbocycles. The highest BCUT2D eigenvalue weighted by atomic mass is 16.5. The van der Waals surface area contributed by atoms with Crippen molar-refractivity contribution in [2.45, 2.75) is 97.6 Å². The summed E-state index contributed by atoms with van der Waals surface area (Å²) in [5.41, 5.74) is 0. The summed E-state index contributed by atoms with van der Waals surface area (Å²) < 4.78 is 11.6. The van der Waals surface area contributed by atoms with Gasteiger partial charge in [0.25, 0.3) is 0 Å². The number of ether oxygens (including phenoxy) is 2. The number of methoxy groups -OCH3 is 2. The molecule has 0 aromatic rings. The van der Waals surface area contributed by atoms with Gasteiger partial charge in [0.05, 0.1) is 36.8 Å². The fourth-order valence-electron chi connectivity index (χ4n) is 5.30. The van der Waals surface area contributed by atoms with Crippen LogP contribution in [-0.2, 0) is 19.1 Å². The molecule has 1 heterocycles. The van der Waals surface area contributed by atoms with Gasteiger partial charge in [-0.2, -0.15) is 0 Å². The van der Waals surface area contributed by atoms with E-state index in [-0.39, 0.29) is 60.4 Å². The van der Waals surface area contributed by atoms with Crippen LogP contribution in [0.5, 0.6) is 0 Å². The number of carbonyl (C=O) groups excluding carboxylic acids is 2. The molecule has 0 spiro atoms. The highest BCUT2D eigenvalue weighted by Gasteiger charge is 2.40. The second-order valence-electron chi connectivity index (χ2n) is 10.1. The van der Waals surface area contributed by atoms with Crippen LogP contribution in [0, 0.1) is 17.8 Å². The monoisotopic (exact) mass is 455 g/mol. The lowest BCUT2D eigenvalue weighted by molar-refractivity contribution is -0.146. The summed E-state index contributed by atoms with van der Waals surface area (Å²) in [5.74, 6) is 0.833. The van der Waals surface area contributed by atoms with Crippen LogP contribution in [0.2, 0.25) is 0 Å². The maximum absolute atomic E-state index is 13.4. The number of hydrogen-bond donors (Lipinski definition) is 1. The number of amides is 2. The van der Waals surface area contributed by atoms with Gasteiger partial charge in [-0.1, -0.05) is 48.0 Å². The van der Waals surface area contributed by atoms with Crippen molar-refractivity contribution < 1.29 is 19.1 Å². The van der Waals surface area contributed by atoms with Crippen LogP contribution in [0.15, 0.2) is 0 Å². The van der Waals surface area contributed by atoms with Gasteiger partial charge in [-0.05, 0) is 37.6 Å². The van der Waals surface area contributed by atoms with Crippen LogP contribution in [-0.4, -0.2) is 86.8 Å². The average Bonchev–Trinajstić information content (AvgIpc) is 3.22. The molecule has 0 radical (unpaired) electrons. The van der Waals surface area contributed by atoms with Gasteiger partial charge >= 0.3 is 0 Å². The molecule has 7 heteroatoms. The fraction of sp³-hybridized carbons (Fsp3) is 0.920. The van der Waals surface area contributed by atoms with E-state index in [4.69, 9.17) is 9.47 Å². The van der Waals surface area contributed by atoms with Crippen molar-refractivity contribution in [3.63, 3.8) is 0 Å². The number of likely N-dealkylation sites (N-methyl/N-ethyl adjacent to an activating group) is 2. The smallest absolute Gasteiger partial charge is 0.240 e. The molecule has 32 heavy (non-hydrogen) atoms. The van der Waals surface area contributed by atoms with Gasteiger partial charge in [-0.15, -0.1) is 0 Å². The third-order valence-electron chi connectivity index (χ3n) is 7.25. The van der Waals surface area contributed by atoms with E-state index in [0.29, 0.717) is 5.92 Å². The molecule has 7 nitrogen and oxygen atoms in total. The first-order valence-corrected chi connectivity index (χ1v) is 12.3. The Bertz CT molecular complexity index is 584. The summed E-state index contributed by atoms with van der Waals surface area (Å²) in [4.78, 5) is 30.5. The Morgan fingerprint density at radius 2 is 1.72 bits per heavy atom. The van der Waals surface area contributed by atoms with Gasteiger partial charge in [0, 0.05) is 27.8 Å². The van der Waals surface area contributed by atoms with Crippen LogP contribution >= 0.6 is 0 Å². The molecule has 5 unspecified atom stereocenters. The molecule has 1 rings (SSSR count). The lowest BCUT2D eigenvalue weighted by atomic mass is 9.89. The van der Waals surface area contributed by atoms with E-state index in [2.05, 4.69) is 33.0 Å². The second kappa shape index (κ2) is 13.5. The Hall–Kier alpha value is -1.18. The zero-order valence-corrected chi connectivity index (χ0v) is 22.2. The summed E-state index contributed by atoms with van der Waals surface area (Å²) in [6.07, 6.45) is 2.78. The molecule has 188 valence electrons. The zero-order chi connectivity index (χ0) is 24.6. The van der Waals surface area contributed by atoms with E-state index >= 15 is 0 Å². The standard InChI is InChI=1S/C25H49N3O4/c1-11-18(6)23(27(8)25(30)22(26-7)16(2)3)20(31-9)15-21(29)28-14-12-13-19(28)24(32-10)17(4)5/h16-20,22-24,26H,11-15H2,1-10H3/t18?,19?,20?,22-,23?,24?/m0/s1. The Morgan fingerprint density at radius 3 is 2.16 bits per heavy atom. The van der Waals surface area contributed by atoms with Gasteiger partial charge < -0.3 is 24.6 Å². The van der Waals surface area contributed by atoms with Crippen molar-refractivity contribution in [2.75, 3.05) is 34.9 Å². The van der Waals surface area contributed by atoms with E-state index in [9.17, 15) is 9.59 Å². The minimum absolute atomic E-state index is 0.0273. The first-order chi connectivity index (χ1) is 15.0. The van der Waals surface area contributed by atoms with Crippen molar-refractivity contribution in [2.24, 2.45) is 17.8 Å². The molecule has 0 aromatic heterocycles. The number of nitrogens with zero attached hydrogens (tertiary/aromatic N) is 2. The minimum atomic E-state index is -0.364. The van der Waals surface area contributed by atoms with E-state index in [1.165, 1.54) is 0 Å². The van der Waals surface area contributed by atoms with Crippen LogP contribution in [0.1, 0.15) is 67.2 Å². The molecule has 1 N–H and O–H groups in total. The van der Waals surface area contributed by atoms with Crippen LogP contribution in [0.4, 0.5) is 0 Å². The average molecular weight is 456 g/mol. The molecule has 0 saturated carbocycles. The molecule has 1 aliphatic rings. The number of carbonyl (C=O) groups is 2. The van der Waals surface area contributed by atoms with Crippen molar-refractivity contribution in [3.8, 4) is 0 Å². The summed E-state index contributed by atoms with van der Waals surface area (Å²) in [6.45, 7) is 13.4.